The highest BCUT2D eigenvalue weighted by molar-refractivity contribution is 5.04. The highest BCUT2D eigenvalue weighted by Gasteiger charge is 2.38. The van der Waals surface area contributed by atoms with E-state index in [2.05, 4.69) is 14.9 Å². The molecule has 0 aliphatic rings. The van der Waals surface area contributed by atoms with E-state index in [0.29, 0.717) is 0 Å². The van der Waals surface area contributed by atoms with E-state index in [1.165, 1.54) is 12.3 Å². The average Bonchev–Trinajstić information content (AvgIpc) is 2.37. The maximum atomic E-state index is 11.9. The zero-order valence-corrected chi connectivity index (χ0v) is 6.22. The van der Waals surface area contributed by atoms with E-state index in [4.69, 9.17) is 0 Å². The van der Waals surface area contributed by atoms with Gasteiger partial charge in [-0.05, 0) is 6.92 Å². The average molecular weight is 180 g/mol. The third kappa shape index (κ3) is 2.14. The van der Waals surface area contributed by atoms with Gasteiger partial charge in [0.25, 0.3) is 0 Å². The molecule has 0 spiro atoms. The van der Waals surface area contributed by atoms with E-state index in [1.807, 2.05) is 0 Å². The fourth-order valence-corrected chi connectivity index (χ4v) is 0.560. The maximum Gasteiger partial charge on any atom is 0.425 e. The molecule has 0 aliphatic heterocycles. The number of halogens is 3. The zero-order chi connectivity index (χ0) is 9.19. The van der Waals surface area contributed by atoms with Gasteiger partial charge >= 0.3 is 6.18 Å². The molecular weight excluding hydrogens is 173 g/mol. The molecule has 1 rings (SSSR count). The van der Waals surface area contributed by atoms with Crippen LogP contribution in [0, 0.1) is 0 Å². The van der Waals surface area contributed by atoms with Crippen LogP contribution in [0.25, 0.3) is 0 Å². The van der Waals surface area contributed by atoms with Crippen molar-refractivity contribution in [2.45, 2.75) is 19.2 Å². The van der Waals surface area contributed by atoms with Crippen molar-refractivity contribution in [1.29, 1.82) is 0 Å². The third-order valence-electron chi connectivity index (χ3n) is 1.23. The zero-order valence-electron chi connectivity index (χ0n) is 6.22. The van der Waals surface area contributed by atoms with Crippen LogP contribution in [-0.4, -0.2) is 22.5 Å². The van der Waals surface area contributed by atoms with Crippen LogP contribution in [0.3, 0.4) is 0 Å². The van der Waals surface area contributed by atoms with Crippen molar-refractivity contribution in [3.05, 3.63) is 12.3 Å². The van der Waals surface area contributed by atoms with Crippen LogP contribution in [0.15, 0.2) is 12.3 Å². The van der Waals surface area contributed by atoms with Crippen LogP contribution in [0.1, 0.15) is 6.92 Å². The van der Waals surface area contributed by atoms with Crippen molar-refractivity contribution in [2.24, 2.45) is 0 Å². The summed E-state index contributed by atoms with van der Waals surface area (Å²) >= 11 is 0. The predicted octanol–water partition coefficient (Wildman–Crippen LogP) is 1.74. The Labute approximate surface area is 66.5 Å². The van der Waals surface area contributed by atoms with Crippen LogP contribution in [-0.2, 0) is 0 Å². The van der Waals surface area contributed by atoms with Gasteiger partial charge in [-0.3, -0.25) is 5.10 Å². The van der Waals surface area contributed by atoms with Gasteiger partial charge in [0.15, 0.2) is 6.10 Å². The van der Waals surface area contributed by atoms with Gasteiger partial charge in [-0.15, -0.1) is 5.10 Å². The molecule has 0 saturated carbocycles. The number of hydrogen-bond donors (Lipinski definition) is 1. The Bertz CT molecular complexity index is 231. The Hall–Kier alpha value is -1.20. The molecule has 0 unspecified atom stereocenters. The fraction of sp³-hybridized carbons (Fsp3) is 0.500. The summed E-state index contributed by atoms with van der Waals surface area (Å²) < 4.78 is 40.1. The molecule has 6 heteroatoms. The molecule has 0 aromatic carbocycles. The fourth-order valence-electron chi connectivity index (χ4n) is 0.560. The summed E-state index contributed by atoms with van der Waals surface area (Å²) in [5.41, 5.74) is 0. The quantitative estimate of drug-likeness (QED) is 0.752. The second-order valence-electron chi connectivity index (χ2n) is 2.21. The second kappa shape index (κ2) is 3.04. The number of aromatic amines is 1. The normalized spacial score (nSPS) is 14.3. The van der Waals surface area contributed by atoms with Crippen LogP contribution in [0.4, 0.5) is 13.2 Å². The van der Waals surface area contributed by atoms with E-state index in [0.717, 1.165) is 6.92 Å². The predicted molar refractivity (Wildman–Crippen MR) is 34.7 cm³/mol. The molecular formula is C6H7F3N2O. The van der Waals surface area contributed by atoms with Gasteiger partial charge in [0, 0.05) is 12.3 Å². The van der Waals surface area contributed by atoms with Crippen molar-refractivity contribution < 1.29 is 17.9 Å². The molecule has 1 heterocycles. The number of alkyl halides is 3. The van der Waals surface area contributed by atoms with E-state index in [-0.39, 0.29) is 5.88 Å². The summed E-state index contributed by atoms with van der Waals surface area (Å²) in [4.78, 5) is 0. The molecule has 1 N–H and O–H groups in total. The van der Waals surface area contributed by atoms with Crippen LogP contribution >= 0.6 is 0 Å². The lowest BCUT2D eigenvalue weighted by Gasteiger charge is -2.15. The molecule has 1 atom stereocenters. The van der Waals surface area contributed by atoms with E-state index in [1.54, 1.807) is 0 Å². The summed E-state index contributed by atoms with van der Waals surface area (Å²) in [7, 11) is 0. The Kier molecular flexibility index (Phi) is 2.25. The van der Waals surface area contributed by atoms with Crippen molar-refractivity contribution in [3.8, 4) is 5.88 Å². The Morgan fingerprint density at radius 2 is 2.25 bits per heavy atom. The molecule has 0 fully saturated rings. The number of ether oxygens (including phenoxy) is 1. The molecule has 3 nitrogen and oxygen atoms in total. The van der Waals surface area contributed by atoms with Gasteiger partial charge in [-0.1, -0.05) is 0 Å². The highest BCUT2D eigenvalue weighted by atomic mass is 19.4. The molecule has 0 amide bonds. The van der Waals surface area contributed by atoms with E-state index < -0.39 is 12.3 Å². The van der Waals surface area contributed by atoms with E-state index in [9.17, 15) is 13.2 Å². The molecule has 0 aliphatic carbocycles. The summed E-state index contributed by atoms with van der Waals surface area (Å²) in [6.07, 6.45) is -4.79. The van der Waals surface area contributed by atoms with Gasteiger partial charge in [0.05, 0.1) is 0 Å². The topological polar surface area (TPSA) is 37.9 Å². The van der Waals surface area contributed by atoms with Crippen LogP contribution in [0.5, 0.6) is 5.88 Å². The first kappa shape index (κ1) is 8.89. The maximum absolute atomic E-state index is 11.9. The highest BCUT2D eigenvalue weighted by Crippen LogP contribution is 2.23. The van der Waals surface area contributed by atoms with Gasteiger partial charge in [-0.2, -0.15) is 13.2 Å². The minimum atomic E-state index is -4.35. The van der Waals surface area contributed by atoms with Crippen molar-refractivity contribution in [2.75, 3.05) is 0 Å². The lowest BCUT2D eigenvalue weighted by atomic mass is 10.4. The summed E-state index contributed by atoms with van der Waals surface area (Å²) in [6.45, 7) is 0.925. The third-order valence-corrected chi connectivity index (χ3v) is 1.23. The molecule has 1 aromatic rings. The van der Waals surface area contributed by atoms with Gasteiger partial charge in [-0.25, -0.2) is 0 Å². The number of nitrogens with zero attached hydrogens (tertiary/aromatic N) is 1. The van der Waals surface area contributed by atoms with Gasteiger partial charge in [0.2, 0.25) is 5.88 Å². The number of nitrogens with one attached hydrogen (secondary N) is 1. The SMILES string of the molecule is C[C@H](Oc1cc[nH]n1)C(F)(F)F. The van der Waals surface area contributed by atoms with Crippen molar-refractivity contribution in [3.63, 3.8) is 0 Å². The molecule has 1 aromatic heterocycles. The minimum Gasteiger partial charge on any atom is -0.464 e. The first-order chi connectivity index (χ1) is 5.50. The first-order valence-corrected chi connectivity index (χ1v) is 3.23. The Balaban J connectivity index is 2.53. The largest absolute Gasteiger partial charge is 0.464 e. The molecule has 68 valence electrons. The Morgan fingerprint density at radius 1 is 1.58 bits per heavy atom. The first-order valence-electron chi connectivity index (χ1n) is 3.23. The smallest absolute Gasteiger partial charge is 0.425 e. The number of aromatic nitrogens is 2. The van der Waals surface area contributed by atoms with Crippen LogP contribution < -0.4 is 4.74 Å². The van der Waals surface area contributed by atoms with Crippen molar-refractivity contribution >= 4 is 0 Å². The minimum absolute atomic E-state index is 0.0557. The number of hydrogen-bond acceptors (Lipinski definition) is 2. The lowest BCUT2D eigenvalue weighted by molar-refractivity contribution is -0.189. The monoisotopic (exact) mass is 180 g/mol. The van der Waals surface area contributed by atoms with Gasteiger partial charge < -0.3 is 4.74 Å². The lowest BCUT2D eigenvalue weighted by Crippen LogP contribution is -2.31. The standard InChI is InChI=1S/C6H7F3N2O/c1-4(6(7,8)9)12-5-2-3-10-11-5/h2-4H,1H3,(H,10,11)/t4-/m0/s1. The molecule has 0 saturated heterocycles. The number of H-pyrrole nitrogens is 1. The molecule has 0 radical (unpaired) electrons. The summed E-state index contributed by atoms with van der Waals surface area (Å²) in [5.74, 6) is -0.0557. The van der Waals surface area contributed by atoms with Crippen molar-refractivity contribution in [1.82, 2.24) is 10.2 Å². The van der Waals surface area contributed by atoms with Gasteiger partial charge in [0.1, 0.15) is 0 Å². The number of rotatable bonds is 2. The summed E-state index contributed by atoms with van der Waals surface area (Å²) in [5, 5.41) is 5.77. The van der Waals surface area contributed by atoms with Crippen LogP contribution in [0.2, 0.25) is 0 Å². The Morgan fingerprint density at radius 3 is 2.67 bits per heavy atom. The van der Waals surface area contributed by atoms with E-state index >= 15 is 0 Å². The molecule has 0 bridgehead atoms. The summed E-state index contributed by atoms with van der Waals surface area (Å²) in [6, 6.07) is 1.32. The second-order valence-corrected chi connectivity index (χ2v) is 2.21. The molecule has 12 heavy (non-hydrogen) atoms.